The molecule has 0 spiro atoms. The summed E-state index contributed by atoms with van der Waals surface area (Å²) in [7, 11) is 1.62. The van der Waals surface area contributed by atoms with Gasteiger partial charge in [-0.2, -0.15) is 4.98 Å². The molecule has 30 heavy (non-hydrogen) atoms. The van der Waals surface area contributed by atoms with E-state index in [9.17, 15) is 4.79 Å². The monoisotopic (exact) mass is 407 g/mol. The zero-order chi connectivity index (χ0) is 20.5. The van der Waals surface area contributed by atoms with Gasteiger partial charge in [0, 0.05) is 24.2 Å². The number of likely N-dealkylation sites (tertiary alicyclic amines) is 1. The van der Waals surface area contributed by atoms with E-state index in [1.165, 1.54) is 0 Å². The third-order valence-corrected chi connectivity index (χ3v) is 5.45. The molecule has 1 fully saturated rings. The molecule has 3 heterocycles. The van der Waals surface area contributed by atoms with E-state index < -0.39 is 0 Å². The largest absolute Gasteiger partial charge is 0.497 e. The number of amides is 1. The summed E-state index contributed by atoms with van der Waals surface area (Å²) in [6.07, 6.45) is 1.77. The Morgan fingerprint density at radius 1 is 1.17 bits per heavy atom. The van der Waals surface area contributed by atoms with Crippen molar-refractivity contribution in [2.24, 2.45) is 0 Å². The van der Waals surface area contributed by atoms with Gasteiger partial charge in [-0.05, 0) is 43.2 Å². The van der Waals surface area contributed by atoms with Crippen LogP contribution in [0.5, 0.6) is 17.2 Å². The number of hydrogen-bond acceptors (Lipinski definition) is 7. The number of carbonyl (C=O) groups excluding carboxylic acids is 1. The summed E-state index contributed by atoms with van der Waals surface area (Å²) in [5, 5.41) is 4.13. The molecule has 2 aromatic carbocycles. The maximum absolute atomic E-state index is 13.0. The first-order chi connectivity index (χ1) is 14.7. The first-order valence-electron chi connectivity index (χ1n) is 9.88. The maximum atomic E-state index is 13.0. The van der Waals surface area contributed by atoms with Gasteiger partial charge in [0.05, 0.1) is 13.0 Å². The lowest BCUT2D eigenvalue weighted by atomic mass is 9.97. The standard InChI is InChI=1S/C22H21N3O5/c1-27-17-6-2-4-14(10-17)20-23-21(30-24-20)16-5-3-9-25(12-16)22(26)15-7-8-18-19(11-15)29-13-28-18/h2,4,6-8,10-11,16H,3,5,9,12-13H2,1H3. The fourth-order valence-electron chi connectivity index (χ4n) is 3.86. The van der Waals surface area contributed by atoms with Crippen LogP contribution >= 0.6 is 0 Å². The number of carbonyl (C=O) groups is 1. The molecule has 1 unspecified atom stereocenters. The molecule has 5 rings (SSSR count). The molecule has 0 bridgehead atoms. The lowest BCUT2D eigenvalue weighted by Crippen LogP contribution is -2.39. The number of ether oxygens (including phenoxy) is 3. The van der Waals surface area contributed by atoms with Crippen molar-refractivity contribution in [3.63, 3.8) is 0 Å². The van der Waals surface area contributed by atoms with Crippen LogP contribution < -0.4 is 14.2 Å². The van der Waals surface area contributed by atoms with Crippen LogP contribution in [0.2, 0.25) is 0 Å². The topological polar surface area (TPSA) is 86.9 Å². The molecule has 3 aromatic rings. The van der Waals surface area contributed by atoms with Crippen molar-refractivity contribution in [3.05, 3.63) is 53.9 Å². The molecular weight excluding hydrogens is 386 g/mol. The molecule has 0 N–H and O–H groups in total. The van der Waals surface area contributed by atoms with Crippen LogP contribution in [0.1, 0.15) is 35.0 Å². The second-order valence-electron chi connectivity index (χ2n) is 7.35. The minimum absolute atomic E-state index is 0.00330. The number of aromatic nitrogens is 2. The molecule has 8 heteroatoms. The van der Waals surface area contributed by atoms with Gasteiger partial charge >= 0.3 is 0 Å². The van der Waals surface area contributed by atoms with Crippen LogP contribution in [0.3, 0.4) is 0 Å². The van der Waals surface area contributed by atoms with Crippen molar-refractivity contribution in [1.29, 1.82) is 0 Å². The fraction of sp³-hybridized carbons (Fsp3) is 0.318. The summed E-state index contributed by atoms with van der Waals surface area (Å²) in [6.45, 7) is 1.42. The van der Waals surface area contributed by atoms with E-state index in [0.29, 0.717) is 41.9 Å². The zero-order valence-electron chi connectivity index (χ0n) is 16.5. The highest BCUT2D eigenvalue weighted by Gasteiger charge is 2.30. The van der Waals surface area contributed by atoms with Crippen molar-refractivity contribution in [1.82, 2.24) is 15.0 Å². The number of hydrogen-bond donors (Lipinski definition) is 0. The molecule has 1 amide bonds. The Bertz CT molecular complexity index is 1080. The number of methoxy groups -OCH3 is 1. The Morgan fingerprint density at radius 2 is 2.07 bits per heavy atom. The van der Waals surface area contributed by atoms with Crippen LogP contribution in [0.15, 0.2) is 47.0 Å². The van der Waals surface area contributed by atoms with Crippen LogP contribution in [-0.2, 0) is 0 Å². The van der Waals surface area contributed by atoms with Gasteiger partial charge in [-0.25, -0.2) is 0 Å². The van der Waals surface area contributed by atoms with Crippen LogP contribution in [0.25, 0.3) is 11.4 Å². The van der Waals surface area contributed by atoms with Gasteiger partial charge in [0.15, 0.2) is 11.5 Å². The molecule has 1 aromatic heterocycles. The average molecular weight is 407 g/mol. The molecule has 0 aliphatic carbocycles. The molecular formula is C22H21N3O5. The van der Waals surface area contributed by atoms with Crippen molar-refractivity contribution in [3.8, 4) is 28.6 Å². The minimum Gasteiger partial charge on any atom is -0.497 e. The Kier molecular flexibility index (Phi) is 4.74. The average Bonchev–Trinajstić information content (AvgIpc) is 3.48. The summed E-state index contributed by atoms with van der Waals surface area (Å²) >= 11 is 0. The van der Waals surface area contributed by atoms with Crippen molar-refractivity contribution in [2.45, 2.75) is 18.8 Å². The van der Waals surface area contributed by atoms with Crippen molar-refractivity contribution < 1.29 is 23.5 Å². The van der Waals surface area contributed by atoms with E-state index in [1.54, 1.807) is 25.3 Å². The van der Waals surface area contributed by atoms with Gasteiger partial charge in [-0.3, -0.25) is 4.79 Å². The third-order valence-electron chi connectivity index (χ3n) is 5.45. The molecule has 2 aliphatic rings. The van der Waals surface area contributed by atoms with Crippen molar-refractivity contribution >= 4 is 5.91 Å². The minimum atomic E-state index is -0.0365. The quantitative estimate of drug-likeness (QED) is 0.654. The summed E-state index contributed by atoms with van der Waals surface area (Å²) < 4.78 is 21.5. The Labute approximate surface area is 173 Å². The Balaban J connectivity index is 1.32. The number of fused-ring (bicyclic) bond motifs is 1. The van der Waals surface area contributed by atoms with E-state index in [2.05, 4.69) is 10.1 Å². The van der Waals surface area contributed by atoms with Gasteiger partial charge < -0.3 is 23.6 Å². The van der Waals surface area contributed by atoms with Crippen molar-refractivity contribution in [2.75, 3.05) is 27.0 Å². The van der Waals surface area contributed by atoms with E-state index in [-0.39, 0.29) is 18.6 Å². The van der Waals surface area contributed by atoms with Gasteiger partial charge in [0.25, 0.3) is 5.91 Å². The number of benzene rings is 2. The predicted octanol–water partition coefficient (Wildman–Crippen LogP) is 3.49. The summed E-state index contributed by atoms with van der Waals surface area (Å²) in [5.74, 6) is 3.04. The zero-order valence-corrected chi connectivity index (χ0v) is 16.5. The Morgan fingerprint density at radius 3 is 2.97 bits per heavy atom. The van der Waals surface area contributed by atoms with Gasteiger partial charge in [-0.15, -0.1) is 0 Å². The van der Waals surface area contributed by atoms with Crippen LogP contribution in [0, 0.1) is 0 Å². The number of nitrogens with zero attached hydrogens (tertiary/aromatic N) is 3. The Hall–Kier alpha value is -3.55. The number of rotatable bonds is 4. The maximum Gasteiger partial charge on any atom is 0.254 e. The van der Waals surface area contributed by atoms with Gasteiger partial charge in [-0.1, -0.05) is 17.3 Å². The smallest absolute Gasteiger partial charge is 0.254 e. The fourth-order valence-corrected chi connectivity index (χ4v) is 3.86. The summed E-state index contributed by atoms with van der Waals surface area (Å²) in [6, 6.07) is 12.8. The second-order valence-corrected chi connectivity index (χ2v) is 7.35. The molecule has 154 valence electrons. The normalized spacial score (nSPS) is 17.8. The first-order valence-corrected chi connectivity index (χ1v) is 9.88. The van der Waals surface area contributed by atoms with Crippen LogP contribution in [0.4, 0.5) is 0 Å². The van der Waals surface area contributed by atoms with Gasteiger partial charge in [0.2, 0.25) is 18.5 Å². The van der Waals surface area contributed by atoms with Crippen LogP contribution in [-0.4, -0.2) is 47.9 Å². The summed E-state index contributed by atoms with van der Waals surface area (Å²) in [5.41, 5.74) is 1.41. The lowest BCUT2D eigenvalue weighted by molar-refractivity contribution is 0.0695. The lowest BCUT2D eigenvalue weighted by Gasteiger charge is -2.31. The second kappa shape index (κ2) is 7.70. The van der Waals surface area contributed by atoms with Gasteiger partial charge in [0.1, 0.15) is 5.75 Å². The molecule has 0 saturated carbocycles. The third kappa shape index (κ3) is 3.45. The first kappa shape index (κ1) is 18.5. The highest BCUT2D eigenvalue weighted by atomic mass is 16.7. The molecule has 1 saturated heterocycles. The molecule has 2 aliphatic heterocycles. The summed E-state index contributed by atoms with van der Waals surface area (Å²) in [4.78, 5) is 19.4. The van der Waals surface area contributed by atoms with E-state index in [0.717, 1.165) is 24.2 Å². The highest BCUT2D eigenvalue weighted by molar-refractivity contribution is 5.95. The molecule has 0 radical (unpaired) electrons. The van der Waals surface area contributed by atoms with E-state index in [4.69, 9.17) is 18.7 Å². The highest BCUT2D eigenvalue weighted by Crippen LogP contribution is 2.34. The van der Waals surface area contributed by atoms with E-state index in [1.807, 2.05) is 29.2 Å². The number of piperidine rings is 1. The van der Waals surface area contributed by atoms with E-state index >= 15 is 0 Å². The predicted molar refractivity (Wildman–Crippen MR) is 107 cm³/mol. The molecule has 1 atom stereocenters. The SMILES string of the molecule is COc1cccc(-c2noc(C3CCCN(C(=O)c4ccc5c(c4)OCO5)C3)n2)c1. The molecule has 8 nitrogen and oxygen atoms in total.